The van der Waals surface area contributed by atoms with E-state index < -0.39 is 17.5 Å². The molecule has 0 aromatic heterocycles. The molecule has 0 saturated heterocycles. The molecule has 8 heteroatoms. The standard InChI is InChI=1S/C19H16ClF2N3O2/c1-24(17-8-6-14(21)10-15(17)22)19(27)11-25-18(26)9-7-16(23-25)12-2-4-13(20)5-3-12/h2-6,8,10H,7,9,11H2,1H3. The summed E-state index contributed by atoms with van der Waals surface area (Å²) in [7, 11) is 1.36. The minimum absolute atomic E-state index is 0.0761. The van der Waals surface area contributed by atoms with Gasteiger partial charge in [-0.3, -0.25) is 9.59 Å². The third kappa shape index (κ3) is 4.31. The van der Waals surface area contributed by atoms with Gasteiger partial charge in [0.25, 0.3) is 0 Å². The quantitative estimate of drug-likeness (QED) is 0.799. The summed E-state index contributed by atoms with van der Waals surface area (Å²) in [6.45, 7) is -0.344. The van der Waals surface area contributed by atoms with E-state index in [4.69, 9.17) is 11.6 Å². The molecule has 0 spiro atoms. The van der Waals surface area contributed by atoms with Crippen molar-refractivity contribution in [3.63, 3.8) is 0 Å². The van der Waals surface area contributed by atoms with Gasteiger partial charge in [0, 0.05) is 31.0 Å². The largest absolute Gasteiger partial charge is 0.311 e. The molecule has 1 aliphatic heterocycles. The molecule has 0 saturated carbocycles. The number of likely N-dealkylation sites (N-methyl/N-ethyl adjacent to an activating group) is 1. The highest BCUT2D eigenvalue weighted by atomic mass is 35.5. The lowest BCUT2D eigenvalue weighted by atomic mass is 10.0. The Kier molecular flexibility index (Phi) is 5.51. The first-order chi connectivity index (χ1) is 12.8. The fraction of sp³-hybridized carbons (Fsp3) is 0.211. The maximum Gasteiger partial charge on any atom is 0.248 e. The van der Waals surface area contributed by atoms with Crippen LogP contribution in [0.1, 0.15) is 18.4 Å². The average Bonchev–Trinajstić information content (AvgIpc) is 2.63. The lowest BCUT2D eigenvalue weighted by Crippen LogP contribution is -2.41. The van der Waals surface area contributed by atoms with Crippen LogP contribution in [0.3, 0.4) is 0 Å². The van der Waals surface area contributed by atoms with E-state index in [0.29, 0.717) is 23.2 Å². The van der Waals surface area contributed by atoms with Gasteiger partial charge in [-0.1, -0.05) is 23.7 Å². The van der Waals surface area contributed by atoms with Crippen LogP contribution in [0.25, 0.3) is 0 Å². The molecule has 0 bridgehead atoms. The SMILES string of the molecule is CN(C(=O)CN1N=C(c2ccc(Cl)cc2)CCC1=O)c1ccc(F)cc1F. The molecule has 140 valence electrons. The Bertz CT molecular complexity index is 916. The molecule has 2 aromatic carbocycles. The minimum atomic E-state index is -0.860. The van der Waals surface area contributed by atoms with Crippen LogP contribution in [-0.4, -0.2) is 36.1 Å². The van der Waals surface area contributed by atoms with Gasteiger partial charge in [0.1, 0.15) is 18.2 Å². The molecular formula is C19H16ClF2N3O2. The molecular weight excluding hydrogens is 376 g/mol. The molecule has 1 heterocycles. The van der Waals surface area contributed by atoms with Crippen molar-refractivity contribution in [2.75, 3.05) is 18.5 Å². The normalized spacial score (nSPS) is 14.1. The number of benzene rings is 2. The Balaban J connectivity index is 1.78. The van der Waals surface area contributed by atoms with Crippen molar-refractivity contribution < 1.29 is 18.4 Å². The van der Waals surface area contributed by atoms with Crippen LogP contribution in [0.5, 0.6) is 0 Å². The summed E-state index contributed by atoms with van der Waals surface area (Å²) in [5.41, 5.74) is 1.39. The first-order valence-electron chi connectivity index (χ1n) is 8.20. The molecule has 2 amide bonds. The molecule has 27 heavy (non-hydrogen) atoms. The second kappa shape index (κ2) is 7.84. The monoisotopic (exact) mass is 391 g/mol. The van der Waals surface area contributed by atoms with Gasteiger partial charge in [-0.2, -0.15) is 5.10 Å². The summed E-state index contributed by atoms with van der Waals surface area (Å²) in [6.07, 6.45) is 0.664. The maximum atomic E-state index is 13.9. The summed E-state index contributed by atoms with van der Waals surface area (Å²) in [4.78, 5) is 25.6. The minimum Gasteiger partial charge on any atom is -0.311 e. The average molecular weight is 392 g/mol. The summed E-state index contributed by atoms with van der Waals surface area (Å²) in [6, 6.07) is 9.94. The van der Waals surface area contributed by atoms with Gasteiger partial charge >= 0.3 is 0 Å². The first kappa shape index (κ1) is 19.0. The van der Waals surface area contributed by atoms with E-state index in [0.717, 1.165) is 21.5 Å². The summed E-state index contributed by atoms with van der Waals surface area (Å²) < 4.78 is 26.9. The van der Waals surface area contributed by atoms with E-state index in [1.54, 1.807) is 24.3 Å². The second-order valence-electron chi connectivity index (χ2n) is 6.05. The number of hydrogen-bond acceptors (Lipinski definition) is 3. The number of amides is 2. The highest BCUT2D eigenvalue weighted by Crippen LogP contribution is 2.21. The van der Waals surface area contributed by atoms with E-state index in [9.17, 15) is 18.4 Å². The third-order valence-corrected chi connectivity index (χ3v) is 4.46. The zero-order valence-corrected chi connectivity index (χ0v) is 15.2. The van der Waals surface area contributed by atoms with Crippen LogP contribution in [0, 0.1) is 11.6 Å². The highest BCUT2D eigenvalue weighted by molar-refractivity contribution is 6.30. The van der Waals surface area contributed by atoms with Crippen LogP contribution in [0.15, 0.2) is 47.6 Å². The van der Waals surface area contributed by atoms with Gasteiger partial charge in [0.15, 0.2) is 0 Å². The number of nitrogens with zero attached hydrogens (tertiary/aromatic N) is 3. The molecule has 3 rings (SSSR count). The Morgan fingerprint density at radius 1 is 1.19 bits per heavy atom. The van der Waals surface area contributed by atoms with E-state index in [1.165, 1.54) is 13.1 Å². The van der Waals surface area contributed by atoms with Crippen molar-refractivity contribution in [3.8, 4) is 0 Å². The van der Waals surface area contributed by atoms with Crippen molar-refractivity contribution in [2.24, 2.45) is 5.10 Å². The van der Waals surface area contributed by atoms with E-state index >= 15 is 0 Å². The Morgan fingerprint density at radius 2 is 1.89 bits per heavy atom. The fourth-order valence-corrected chi connectivity index (χ4v) is 2.82. The second-order valence-corrected chi connectivity index (χ2v) is 6.49. The molecule has 1 aliphatic rings. The zero-order valence-electron chi connectivity index (χ0n) is 14.5. The number of halogens is 3. The van der Waals surface area contributed by atoms with Crippen LogP contribution < -0.4 is 4.90 Å². The van der Waals surface area contributed by atoms with Crippen molar-refractivity contribution in [1.29, 1.82) is 0 Å². The summed E-state index contributed by atoms with van der Waals surface area (Å²) in [5, 5.41) is 5.93. The first-order valence-corrected chi connectivity index (χ1v) is 8.58. The molecule has 0 fully saturated rings. The van der Waals surface area contributed by atoms with Crippen LogP contribution in [-0.2, 0) is 9.59 Å². The van der Waals surface area contributed by atoms with E-state index in [1.807, 2.05) is 0 Å². The molecule has 0 unspecified atom stereocenters. The van der Waals surface area contributed by atoms with Crippen molar-refractivity contribution in [1.82, 2.24) is 5.01 Å². The molecule has 0 aliphatic carbocycles. The number of hydrazone groups is 1. The van der Waals surface area contributed by atoms with Gasteiger partial charge in [-0.05, 0) is 29.8 Å². The van der Waals surface area contributed by atoms with Crippen molar-refractivity contribution >= 4 is 34.8 Å². The molecule has 0 radical (unpaired) electrons. The highest BCUT2D eigenvalue weighted by Gasteiger charge is 2.25. The molecule has 2 aromatic rings. The van der Waals surface area contributed by atoms with Gasteiger partial charge in [0.05, 0.1) is 11.4 Å². The summed E-state index contributed by atoms with van der Waals surface area (Å²) in [5.74, 6) is -2.44. The zero-order chi connectivity index (χ0) is 19.6. The molecule has 5 nitrogen and oxygen atoms in total. The summed E-state index contributed by atoms with van der Waals surface area (Å²) >= 11 is 5.88. The van der Waals surface area contributed by atoms with Crippen LogP contribution >= 0.6 is 11.6 Å². The maximum absolute atomic E-state index is 13.9. The van der Waals surface area contributed by atoms with Crippen LogP contribution in [0.2, 0.25) is 5.02 Å². The number of rotatable bonds is 4. The van der Waals surface area contributed by atoms with Crippen molar-refractivity contribution in [2.45, 2.75) is 12.8 Å². The Morgan fingerprint density at radius 3 is 2.56 bits per heavy atom. The Hall–Kier alpha value is -2.80. The van der Waals surface area contributed by atoms with Gasteiger partial charge < -0.3 is 4.90 Å². The van der Waals surface area contributed by atoms with Gasteiger partial charge in [-0.15, -0.1) is 0 Å². The fourth-order valence-electron chi connectivity index (χ4n) is 2.70. The number of hydrogen-bond donors (Lipinski definition) is 0. The van der Waals surface area contributed by atoms with E-state index in [2.05, 4.69) is 5.10 Å². The number of anilines is 1. The van der Waals surface area contributed by atoms with E-state index in [-0.39, 0.29) is 24.6 Å². The topological polar surface area (TPSA) is 53.0 Å². The Labute approximate surface area is 159 Å². The van der Waals surface area contributed by atoms with Gasteiger partial charge in [-0.25, -0.2) is 13.8 Å². The predicted octanol–water partition coefficient (Wildman–Crippen LogP) is 3.61. The predicted molar refractivity (Wildman–Crippen MR) is 98.7 cm³/mol. The van der Waals surface area contributed by atoms with Crippen molar-refractivity contribution in [3.05, 3.63) is 64.7 Å². The molecule has 0 N–H and O–H groups in total. The lowest BCUT2D eigenvalue weighted by Gasteiger charge is -2.26. The smallest absolute Gasteiger partial charge is 0.248 e. The molecule has 0 atom stereocenters. The van der Waals surface area contributed by atoms with Gasteiger partial charge in [0.2, 0.25) is 11.8 Å². The lowest BCUT2D eigenvalue weighted by molar-refractivity contribution is -0.135. The third-order valence-electron chi connectivity index (χ3n) is 4.21. The number of carbonyl (C=O) groups excluding carboxylic acids is 2. The van der Waals surface area contributed by atoms with Crippen LogP contribution in [0.4, 0.5) is 14.5 Å². The number of carbonyl (C=O) groups is 2.